The van der Waals surface area contributed by atoms with E-state index < -0.39 is 6.10 Å². The lowest BCUT2D eigenvalue weighted by Gasteiger charge is -2.18. The third-order valence-electron chi connectivity index (χ3n) is 13.1. The van der Waals surface area contributed by atoms with Gasteiger partial charge in [-0.15, -0.1) is 0 Å². The Morgan fingerprint density at radius 2 is 0.506 bits per heavy atom. The molecule has 6 nitrogen and oxygen atoms in total. The molecule has 0 aromatic heterocycles. The molecule has 436 valence electrons. The van der Waals surface area contributed by atoms with E-state index >= 15 is 0 Å². The van der Waals surface area contributed by atoms with Crippen molar-refractivity contribution < 1.29 is 28.6 Å². The molecule has 0 aliphatic rings. The third-order valence-corrected chi connectivity index (χ3v) is 13.1. The number of carbonyl (C=O) groups excluding carboxylic acids is 3. The quantitative estimate of drug-likeness (QED) is 0.0261. The largest absolute Gasteiger partial charge is 0.462 e. The molecule has 0 saturated carbocycles. The minimum absolute atomic E-state index is 0.0987. The SMILES string of the molecule is CC/C=C\C/C=C\C/C=C\C/C=C\C/C=C\CCCCCCCCCCCCCC(=O)OCC(COC(=O)CCCCCCC/C=C\CCCCCC)OC(=O)CCCCC/C=C\C/C=C\C/C=C\C/C=C\C/C=C\CC. The third kappa shape index (κ3) is 62.3. The molecule has 0 aromatic rings. The summed E-state index contributed by atoms with van der Waals surface area (Å²) >= 11 is 0. The summed E-state index contributed by atoms with van der Waals surface area (Å²) < 4.78 is 16.9. The van der Waals surface area contributed by atoms with Crippen molar-refractivity contribution in [3.05, 3.63) is 134 Å². The Hall–Kier alpha value is -4.45. The minimum atomic E-state index is -0.805. The van der Waals surface area contributed by atoms with Crippen LogP contribution in [-0.2, 0) is 28.6 Å². The average molecular weight is 1070 g/mol. The zero-order valence-corrected chi connectivity index (χ0v) is 49.9. The Balaban J connectivity index is 4.38. The molecule has 0 heterocycles. The fourth-order valence-electron chi connectivity index (χ4n) is 8.43. The Bertz CT molecular complexity index is 1650. The second kappa shape index (κ2) is 64.1. The Morgan fingerprint density at radius 1 is 0.273 bits per heavy atom. The van der Waals surface area contributed by atoms with Crippen LogP contribution in [0.1, 0.15) is 278 Å². The molecule has 0 N–H and O–H groups in total. The molecule has 0 aromatic carbocycles. The molecule has 6 heteroatoms. The summed E-state index contributed by atoms with van der Waals surface area (Å²) in [7, 11) is 0. The first-order valence-electron chi connectivity index (χ1n) is 31.7. The zero-order chi connectivity index (χ0) is 55.7. The monoisotopic (exact) mass is 1060 g/mol. The average Bonchev–Trinajstić information content (AvgIpc) is 3.43. The Kier molecular flexibility index (Phi) is 60.4. The number of hydrogen-bond donors (Lipinski definition) is 0. The highest BCUT2D eigenvalue weighted by molar-refractivity contribution is 5.71. The van der Waals surface area contributed by atoms with E-state index in [-0.39, 0.29) is 37.5 Å². The second-order valence-corrected chi connectivity index (χ2v) is 20.5. The van der Waals surface area contributed by atoms with Crippen molar-refractivity contribution in [2.75, 3.05) is 13.2 Å². The summed E-state index contributed by atoms with van der Waals surface area (Å²) in [6.45, 7) is 6.37. The number of esters is 3. The lowest BCUT2D eigenvalue weighted by atomic mass is 10.0. The van der Waals surface area contributed by atoms with E-state index in [0.29, 0.717) is 12.8 Å². The highest BCUT2D eigenvalue weighted by Gasteiger charge is 2.19. The predicted octanol–water partition coefficient (Wildman–Crippen LogP) is 21.8. The van der Waals surface area contributed by atoms with Gasteiger partial charge in [0.2, 0.25) is 0 Å². The first-order chi connectivity index (χ1) is 38.0. The number of ether oxygens (including phenoxy) is 3. The summed E-state index contributed by atoms with van der Waals surface area (Å²) in [5, 5.41) is 0. The second-order valence-electron chi connectivity index (χ2n) is 20.5. The van der Waals surface area contributed by atoms with E-state index in [1.807, 2.05) is 0 Å². The van der Waals surface area contributed by atoms with Gasteiger partial charge in [0.05, 0.1) is 0 Å². The Labute approximate surface area is 475 Å². The van der Waals surface area contributed by atoms with E-state index in [4.69, 9.17) is 14.2 Å². The number of carbonyl (C=O) groups is 3. The van der Waals surface area contributed by atoms with Gasteiger partial charge in [-0.05, 0) is 135 Å². The van der Waals surface area contributed by atoms with Crippen molar-refractivity contribution in [2.24, 2.45) is 0 Å². The summed E-state index contributed by atoms with van der Waals surface area (Å²) in [5.74, 6) is -0.941. The van der Waals surface area contributed by atoms with Crippen molar-refractivity contribution >= 4 is 17.9 Å². The summed E-state index contributed by atoms with van der Waals surface area (Å²) in [6.07, 6.45) is 90.2. The number of allylic oxidation sites excluding steroid dienone is 22. The van der Waals surface area contributed by atoms with E-state index in [1.54, 1.807) is 0 Å². The van der Waals surface area contributed by atoms with Gasteiger partial charge in [0.15, 0.2) is 6.10 Å². The van der Waals surface area contributed by atoms with Gasteiger partial charge in [0, 0.05) is 19.3 Å². The van der Waals surface area contributed by atoms with Crippen LogP contribution in [-0.4, -0.2) is 37.2 Å². The van der Waals surface area contributed by atoms with Crippen molar-refractivity contribution in [2.45, 2.75) is 284 Å². The van der Waals surface area contributed by atoms with Crippen LogP contribution in [0.15, 0.2) is 134 Å². The summed E-state index contributed by atoms with van der Waals surface area (Å²) in [6, 6.07) is 0. The van der Waals surface area contributed by atoms with Gasteiger partial charge in [-0.2, -0.15) is 0 Å². The minimum Gasteiger partial charge on any atom is -0.462 e. The van der Waals surface area contributed by atoms with Gasteiger partial charge < -0.3 is 14.2 Å². The lowest BCUT2D eigenvalue weighted by molar-refractivity contribution is -0.167. The smallest absolute Gasteiger partial charge is 0.306 e. The van der Waals surface area contributed by atoms with Crippen LogP contribution in [0.25, 0.3) is 0 Å². The van der Waals surface area contributed by atoms with Gasteiger partial charge in [-0.3, -0.25) is 14.4 Å². The van der Waals surface area contributed by atoms with Crippen LogP contribution in [0.3, 0.4) is 0 Å². The van der Waals surface area contributed by atoms with E-state index in [1.165, 1.54) is 96.3 Å². The van der Waals surface area contributed by atoms with Crippen molar-refractivity contribution in [3.8, 4) is 0 Å². The van der Waals surface area contributed by atoms with Crippen molar-refractivity contribution in [3.63, 3.8) is 0 Å². The molecule has 0 saturated heterocycles. The number of unbranched alkanes of at least 4 members (excludes halogenated alkanes) is 23. The van der Waals surface area contributed by atoms with Gasteiger partial charge >= 0.3 is 17.9 Å². The van der Waals surface area contributed by atoms with Crippen LogP contribution in [0, 0.1) is 0 Å². The fourth-order valence-corrected chi connectivity index (χ4v) is 8.43. The van der Waals surface area contributed by atoms with Crippen LogP contribution < -0.4 is 0 Å². The van der Waals surface area contributed by atoms with Crippen LogP contribution >= 0.6 is 0 Å². The molecule has 1 atom stereocenters. The normalized spacial score (nSPS) is 13.0. The maximum absolute atomic E-state index is 12.9. The molecule has 0 rings (SSSR count). The number of rotatable bonds is 56. The topological polar surface area (TPSA) is 78.9 Å². The number of hydrogen-bond acceptors (Lipinski definition) is 6. The molecule has 0 fully saturated rings. The van der Waals surface area contributed by atoms with Gasteiger partial charge in [0.25, 0.3) is 0 Å². The molecule has 0 aliphatic heterocycles. The van der Waals surface area contributed by atoms with Gasteiger partial charge in [0.1, 0.15) is 13.2 Å². The first kappa shape index (κ1) is 72.5. The first-order valence-corrected chi connectivity index (χ1v) is 31.7. The molecule has 0 radical (unpaired) electrons. The highest BCUT2D eigenvalue weighted by atomic mass is 16.6. The van der Waals surface area contributed by atoms with Gasteiger partial charge in [-0.25, -0.2) is 0 Å². The molecular formula is C71H116O6. The standard InChI is InChI=1S/C71H116O6/c1-4-7-10-13-16-19-22-25-27-29-31-32-33-34-35-36-37-38-40-41-43-46-49-52-55-58-61-64-70(73)76-67-68(66-75-69(72)63-60-57-54-51-48-45-24-21-18-15-12-9-6-3)77-71(74)65-62-59-56-53-50-47-44-42-39-30-28-26-23-20-17-14-11-8-5-2/h7-8,10-11,16-17,19-21,24-28,31-32,34-35,39,42,47,50,68H,4-6,9,12-15,18,22-23,29-30,33,36-38,40-41,43-46,48-49,51-67H2,1-3H3/b10-7-,11-8-,19-16-,20-17-,24-21-,27-25-,28-26-,32-31-,35-34-,42-39-,50-47-. The van der Waals surface area contributed by atoms with E-state index in [0.717, 1.165) is 141 Å². The van der Waals surface area contributed by atoms with Crippen molar-refractivity contribution in [1.29, 1.82) is 0 Å². The predicted molar refractivity (Wildman–Crippen MR) is 334 cm³/mol. The maximum atomic E-state index is 12.9. The summed E-state index contributed by atoms with van der Waals surface area (Å²) in [4.78, 5) is 38.3. The molecular weight excluding hydrogens is 949 g/mol. The van der Waals surface area contributed by atoms with Crippen LogP contribution in [0.2, 0.25) is 0 Å². The lowest BCUT2D eigenvalue weighted by Crippen LogP contribution is -2.30. The molecule has 0 spiro atoms. The van der Waals surface area contributed by atoms with E-state index in [9.17, 15) is 14.4 Å². The highest BCUT2D eigenvalue weighted by Crippen LogP contribution is 2.15. The zero-order valence-electron chi connectivity index (χ0n) is 49.9. The van der Waals surface area contributed by atoms with Gasteiger partial charge in [-0.1, -0.05) is 257 Å². The van der Waals surface area contributed by atoms with Crippen LogP contribution in [0.4, 0.5) is 0 Å². The fraction of sp³-hybridized carbons (Fsp3) is 0.648. The molecule has 0 bridgehead atoms. The molecule has 0 aliphatic carbocycles. The van der Waals surface area contributed by atoms with Crippen LogP contribution in [0.5, 0.6) is 0 Å². The summed E-state index contributed by atoms with van der Waals surface area (Å²) in [5.41, 5.74) is 0. The van der Waals surface area contributed by atoms with Crippen molar-refractivity contribution in [1.82, 2.24) is 0 Å². The molecule has 77 heavy (non-hydrogen) atoms. The molecule has 1 unspecified atom stereocenters. The van der Waals surface area contributed by atoms with E-state index in [2.05, 4.69) is 154 Å². The maximum Gasteiger partial charge on any atom is 0.306 e. The molecule has 0 amide bonds. The Morgan fingerprint density at radius 3 is 0.818 bits per heavy atom.